The minimum Gasteiger partial charge on any atom is -0.0988 e. The van der Waals surface area contributed by atoms with Crippen molar-refractivity contribution >= 4 is 15.9 Å². The van der Waals surface area contributed by atoms with Gasteiger partial charge in [0.05, 0.1) is 0 Å². The Hall–Kier alpha value is -0.560. The summed E-state index contributed by atoms with van der Waals surface area (Å²) in [6, 6.07) is 0. The normalized spacial score (nSPS) is 27.6. The van der Waals surface area contributed by atoms with Crippen LogP contribution in [0.25, 0.3) is 0 Å². The molecule has 0 heterocycles. The van der Waals surface area contributed by atoms with E-state index in [2.05, 4.69) is 55.1 Å². The van der Waals surface area contributed by atoms with E-state index in [0.717, 1.165) is 5.57 Å². The van der Waals surface area contributed by atoms with E-state index in [0.29, 0.717) is 11.8 Å². The molecule has 0 fully saturated rings. The number of halogens is 1. The molecule has 0 bridgehead atoms. The second-order valence-corrected chi connectivity index (χ2v) is 4.47. The lowest BCUT2D eigenvalue weighted by atomic mass is 9.79. The van der Waals surface area contributed by atoms with Gasteiger partial charge in [-0.05, 0) is 24.5 Å². The predicted octanol–water partition coefficient (Wildman–Crippen LogP) is 4.22. The molecule has 0 aromatic heterocycles. The van der Waals surface area contributed by atoms with Crippen molar-refractivity contribution in [2.24, 2.45) is 11.8 Å². The minimum atomic E-state index is 0.429. The first-order valence-corrected chi connectivity index (χ1v) is 5.22. The summed E-state index contributed by atoms with van der Waals surface area (Å²) in [6.45, 7) is 12.1. The van der Waals surface area contributed by atoms with E-state index in [-0.39, 0.29) is 0 Å². The number of hydrogen-bond acceptors (Lipinski definition) is 0. The zero-order valence-electron chi connectivity index (χ0n) is 8.18. The molecule has 0 aromatic carbocycles. The highest BCUT2D eigenvalue weighted by atomic mass is 79.9. The molecule has 2 atom stereocenters. The average Bonchev–Trinajstić information content (AvgIpc) is 2.02. The van der Waals surface area contributed by atoms with Gasteiger partial charge in [0.1, 0.15) is 0 Å². The summed E-state index contributed by atoms with van der Waals surface area (Å²) in [7, 11) is 0. The van der Waals surface area contributed by atoms with Crippen LogP contribution in [0, 0.1) is 11.8 Å². The molecule has 0 nitrogen and oxygen atoms in total. The first-order chi connectivity index (χ1) is 6.06. The monoisotopic (exact) mass is 238 g/mol. The second kappa shape index (κ2) is 4.10. The van der Waals surface area contributed by atoms with Gasteiger partial charge in [0.2, 0.25) is 0 Å². The van der Waals surface area contributed by atoms with Crippen molar-refractivity contribution < 1.29 is 0 Å². The lowest BCUT2D eigenvalue weighted by Crippen LogP contribution is -2.15. The van der Waals surface area contributed by atoms with Crippen molar-refractivity contribution in [1.82, 2.24) is 0 Å². The van der Waals surface area contributed by atoms with Gasteiger partial charge < -0.3 is 0 Å². The van der Waals surface area contributed by atoms with Gasteiger partial charge >= 0.3 is 0 Å². The summed E-state index contributed by atoms with van der Waals surface area (Å²) in [4.78, 5) is 0. The van der Waals surface area contributed by atoms with Crippen molar-refractivity contribution in [2.45, 2.75) is 13.8 Å². The van der Waals surface area contributed by atoms with E-state index in [9.17, 15) is 0 Å². The molecule has 1 aliphatic rings. The molecule has 0 radical (unpaired) electrons. The Morgan fingerprint density at radius 3 is 2.69 bits per heavy atom. The Morgan fingerprint density at radius 2 is 2.23 bits per heavy atom. The molecule has 1 rings (SSSR count). The minimum absolute atomic E-state index is 0.429. The highest BCUT2D eigenvalue weighted by Crippen LogP contribution is 2.35. The predicted molar refractivity (Wildman–Crippen MR) is 62.8 cm³/mol. The van der Waals surface area contributed by atoms with Crippen LogP contribution in [0.15, 0.2) is 47.0 Å². The molecular weight excluding hydrogens is 224 g/mol. The third kappa shape index (κ3) is 2.22. The van der Waals surface area contributed by atoms with Crippen LogP contribution in [-0.2, 0) is 0 Å². The Labute approximate surface area is 88.9 Å². The molecule has 0 saturated carbocycles. The molecule has 1 aliphatic carbocycles. The summed E-state index contributed by atoms with van der Waals surface area (Å²) < 4.78 is 1.17. The van der Waals surface area contributed by atoms with Crippen molar-refractivity contribution in [3.05, 3.63) is 47.0 Å². The van der Waals surface area contributed by atoms with Gasteiger partial charge in [-0.1, -0.05) is 53.7 Å². The summed E-state index contributed by atoms with van der Waals surface area (Å²) in [5, 5.41) is 0. The van der Waals surface area contributed by atoms with E-state index in [1.54, 1.807) is 0 Å². The highest BCUT2D eigenvalue weighted by Gasteiger charge is 2.22. The zero-order chi connectivity index (χ0) is 10.0. The first kappa shape index (κ1) is 10.5. The smallest absolute Gasteiger partial charge is 0.0138 e. The maximum atomic E-state index is 4.02. The maximum absolute atomic E-state index is 4.02. The molecule has 0 N–H and O–H groups in total. The number of allylic oxidation sites excluding steroid dienone is 6. The van der Waals surface area contributed by atoms with Crippen LogP contribution in [0.4, 0.5) is 0 Å². The highest BCUT2D eigenvalue weighted by molar-refractivity contribution is 9.11. The van der Waals surface area contributed by atoms with E-state index in [1.165, 1.54) is 10.1 Å². The van der Waals surface area contributed by atoms with Crippen LogP contribution >= 0.6 is 15.9 Å². The molecule has 0 saturated heterocycles. The van der Waals surface area contributed by atoms with Crippen LogP contribution in [-0.4, -0.2) is 0 Å². The summed E-state index contributed by atoms with van der Waals surface area (Å²) in [6.07, 6.45) is 6.22. The van der Waals surface area contributed by atoms with Gasteiger partial charge in [-0.25, -0.2) is 0 Å². The molecule has 2 unspecified atom stereocenters. The number of rotatable bonds is 2. The van der Waals surface area contributed by atoms with Gasteiger partial charge in [-0.15, -0.1) is 0 Å². The lowest BCUT2D eigenvalue weighted by molar-refractivity contribution is 0.557. The molecule has 1 heteroatoms. The second-order valence-electron chi connectivity index (χ2n) is 3.56. The quantitative estimate of drug-likeness (QED) is 0.633. The largest absolute Gasteiger partial charge is 0.0988 e. The van der Waals surface area contributed by atoms with Crippen LogP contribution in [0.2, 0.25) is 0 Å². The SMILES string of the molecule is C=CC(=C)C1C(C)=CC(Br)=CC1C. The van der Waals surface area contributed by atoms with Crippen molar-refractivity contribution in [3.63, 3.8) is 0 Å². The summed E-state index contributed by atoms with van der Waals surface area (Å²) >= 11 is 3.50. The lowest BCUT2D eigenvalue weighted by Gasteiger charge is -2.26. The molecule has 0 aliphatic heterocycles. The van der Waals surface area contributed by atoms with Crippen LogP contribution < -0.4 is 0 Å². The summed E-state index contributed by atoms with van der Waals surface area (Å²) in [5.41, 5.74) is 2.46. The molecule has 0 spiro atoms. The topological polar surface area (TPSA) is 0 Å². The Bertz CT molecular complexity index is 294. The van der Waals surface area contributed by atoms with E-state index >= 15 is 0 Å². The van der Waals surface area contributed by atoms with Crippen LogP contribution in [0.1, 0.15) is 13.8 Å². The maximum Gasteiger partial charge on any atom is 0.0138 e. The van der Waals surface area contributed by atoms with Gasteiger partial charge in [0.15, 0.2) is 0 Å². The Morgan fingerprint density at radius 1 is 1.62 bits per heavy atom. The van der Waals surface area contributed by atoms with Crippen molar-refractivity contribution in [2.75, 3.05) is 0 Å². The average molecular weight is 239 g/mol. The van der Waals surface area contributed by atoms with Gasteiger partial charge in [-0.3, -0.25) is 0 Å². The first-order valence-electron chi connectivity index (χ1n) is 4.43. The molecule has 70 valence electrons. The van der Waals surface area contributed by atoms with Crippen molar-refractivity contribution in [1.29, 1.82) is 0 Å². The van der Waals surface area contributed by atoms with Crippen molar-refractivity contribution in [3.8, 4) is 0 Å². The third-order valence-electron chi connectivity index (χ3n) is 2.47. The van der Waals surface area contributed by atoms with Gasteiger partial charge in [-0.2, -0.15) is 0 Å². The van der Waals surface area contributed by atoms with Gasteiger partial charge in [0.25, 0.3) is 0 Å². The third-order valence-corrected chi connectivity index (χ3v) is 2.96. The molecule has 0 aromatic rings. The fourth-order valence-electron chi connectivity index (χ4n) is 1.87. The van der Waals surface area contributed by atoms with Crippen LogP contribution in [0.5, 0.6) is 0 Å². The summed E-state index contributed by atoms with van der Waals surface area (Å²) in [5.74, 6) is 0.934. The fraction of sp³-hybridized carbons (Fsp3) is 0.333. The molecule has 0 amide bonds. The number of hydrogen-bond donors (Lipinski definition) is 0. The standard InChI is InChI=1S/C12H15Br/c1-5-8(2)12-9(3)6-11(13)7-10(12)4/h5-7,9,12H,1-2H2,3-4H3. The van der Waals surface area contributed by atoms with E-state index < -0.39 is 0 Å². The molecular formula is C12H15Br. The van der Waals surface area contributed by atoms with E-state index in [4.69, 9.17) is 0 Å². The molecule has 13 heavy (non-hydrogen) atoms. The zero-order valence-corrected chi connectivity index (χ0v) is 9.76. The van der Waals surface area contributed by atoms with E-state index in [1.807, 2.05) is 6.08 Å². The van der Waals surface area contributed by atoms with Gasteiger partial charge in [0, 0.05) is 10.4 Å². The Balaban J connectivity index is 2.96. The van der Waals surface area contributed by atoms with Crippen LogP contribution in [0.3, 0.4) is 0 Å². The fourth-order valence-corrected chi connectivity index (χ4v) is 2.65. The Kier molecular flexibility index (Phi) is 3.32.